The van der Waals surface area contributed by atoms with E-state index in [1.54, 1.807) is 6.07 Å². The number of rotatable bonds is 1. The van der Waals surface area contributed by atoms with E-state index in [4.69, 9.17) is 34.7 Å². The summed E-state index contributed by atoms with van der Waals surface area (Å²) >= 11 is 12.1. The lowest BCUT2D eigenvalue weighted by molar-refractivity contribution is 0.881. The summed E-state index contributed by atoms with van der Waals surface area (Å²) in [6, 6.07) is 11.0. The summed E-state index contributed by atoms with van der Waals surface area (Å²) in [6.45, 7) is 0. The van der Waals surface area contributed by atoms with Crippen molar-refractivity contribution >= 4 is 34.6 Å². The van der Waals surface area contributed by atoms with E-state index in [0.29, 0.717) is 21.4 Å². The number of benzene rings is 2. The summed E-state index contributed by atoms with van der Waals surface area (Å²) < 4.78 is 0. The number of hydrogen-bond acceptors (Lipinski definition) is 5. The summed E-state index contributed by atoms with van der Waals surface area (Å²) in [4.78, 5) is 0. The Morgan fingerprint density at radius 1 is 0.905 bits per heavy atom. The van der Waals surface area contributed by atoms with Gasteiger partial charge in [-0.2, -0.15) is 5.21 Å². The van der Waals surface area contributed by atoms with Crippen molar-refractivity contribution in [2.75, 3.05) is 11.5 Å². The van der Waals surface area contributed by atoms with Crippen molar-refractivity contribution in [3.63, 3.8) is 0 Å². The first-order valence-electron chi connectivity index (χ1n) is 5.85. The van der Waals surface area contributed by atoms with Crippen LogP contribution in [-0.2, 0) is 0 Å². The molecule has 5 N–H and O–H groups in total. The number of anilines is 2. The lowest BCUT2D eigenvalue weighted by Gasteiger charge is -2.08. The van der Waals surface area contributed by atoms with Crippen LogP contribution in [0.5, 0.6) is 0 Å². The van der Waals surface area contributed by atoms with Crippen molar-refractivity contribution in [3.8, 4) is 11.1 Å². The number of aromatic amines is 1. The van der Waals surface area contributed by atoms with Crippen LogP contribution < -0.4 is 11.5 Å². The third-order valence-electron chi connectivity index (χ3n) is 2.60. The summed E-state index contributed by atoms with van der Waals surface area (Å²) in [6.07, 6.45) is 1.33. The zero-order chi connectivity index (χ0) is 15.2. The molecule has 0 unspecified atom stereocenters. The summed E-state index contributed by atoms with van der Waals surface area (Å²) in [7, 11) is 0. The molecule has 8 heteroatoms. The molecule has 1 heterocycles. The summed E-state index contributed by atoms with van der Waals surface area (Å²) in [5.41, 5.74) is 14.3. The molecule has 0 aliphatic heterocycles. The van der Waals surface area contributed by atoms with Gasteiger partial charge in [-0.3, -0.25) is 0 Å². The van der Waals surface area contributed by atoms with Gasteiger partial charge in [-0.05, 0) is 23.8 Å². The fraction of sp³-hybridized carbons (Fsp3) is 0. The first kappa shape index (κ1) is 15.1. The minimum absolute atomic E-state index is 0.385. The first-order chi connectivity index (χ1) is 10.1. The van der Waals surface area contributed by atoms with Gasteiger partial charge < -0.3 is 11.5 Å². The third-order valence-corrected chi connectivity index (χ3v) is 3.50. The molecule has 0 saturated carbocycles. The maximum Gasteiger partial charge on any atom is 0.161 e. The SMILES string of the molecule is Nc1ccc(-c2ccc(N)c(Cl)c2Cl)cc1.c1nn[nH]n1. The molecular formula is C13H12Cl2N6. The number of nitrogens with one attached hydrogen (secondary N) is 1. The molecule has 1 aromatic heterocycles. The second-order valence-corrected chi connectivity index (χ2v) is 4.77. The molecule has 3 rings (SSSR count). The third kappa shape index (κ3) is 3.84. The molecule has 21 heavy (non-hydrogen) atoms. The Balaban J connectivity index is 0.000000272. The Kier molecular flexibility index (Phi) is 4.97. The van der Waals surface area contributed by atoms with E-state index in [1.165, 1.54) is 6.33 Å². The number of H-pyrrole nitrogens is 1. The zero-order valence-electron chi connectivity index (χ0n) is 10.8. The van der Waals surface area contributed by atoms with Crippen molar-refractivity contribution < 1.29 is 0 Å². The van der Waals surface area contributed by atoms with Crippen LogP contribution in [0, 0.1) is 0 Å². The van der Waals surface area contributed by atoms with Gasteiger partial charge in [-0.15, -0.1) is 10.2 Å². The largest absolute Gasteiger partial charge is 0.399 e. The quantitative estimate of drug-likeness (QED) is 0.597. The number of tetrazole rings is 1. The van der Waals surface area contributed by atoms with Gasteiger partial charge >= 0.3 is 0 Å². The van der Waals surface area contributed by atoms with Gasteiger partial charge in [0.05, 0.1) is 15.7 Å². The molecule has 0 spiro atoms. The molecule has 0 radical (unpaired) electrons. The van der Waals surface area contributed by atoms with Gasteiger partial charge in [0.15, 0.2) is 6.33 Å². The fourth-order valence-electron chi connectivity index (χ4n) is 1.58. The van der Waals surface area contributed by atoms with Crippen molar-refractivity contribution in [1.82, 2.24) is 20.6 Å². The van der Waals surface area contributed by atoms with Gasteiger partial charge in [0, 0.05) is 11.3 Å². The van der Waals surface area contributed by atoms with Crippen LogP contribution in [0.2, 0.25) is 10.0 Å². The average Bonchev–Trinajstić information content (AvgIpc) is 3.06. The predicted octanol–water partition coefficient (Wildman–Crippen LogP) is 3.02. The Bertz CT molecular complexity index is 680. The van der Waals surface area contributed by atoms with Crippen molar-refractivity contribution in [3.05, 3.63) is 52.8 Å². The highest BCUT2D eigenvalue weighted by atomic mass is 35.5. The molecule has 0 saturated heterocycles. The van der Waals surface area contributed by atoms with Crippen molar-refractivity contribution in [1.29, 1.82) is 0 Å². The Morgan fingerprint density at radius 3 is 2.14 bits per heavy atom. The van der Waals surface area contributed by atoms with E-state index in [2.05, 4.69) is 20.6 Å². The summed E-state index contributed by atoms with van der Waals surface area (Å²) in [5.74, 6) is 0. The molecule has 3 aromatic rings. The predicted molar refractivity (Wildman–Crippen MR) is 84.9 cm³/mol. The van der Waals surface area contributed by atoms with Gasteiger partial charge in [0.1, 0.15) is 0 Å². The molecule has 0 fully saturated rings. The van der Waals surface area contributed by atoms with E-state index < -0.39 is 0 Å². The Labute approximate surface area is 131 Å². The highest BCUT2D eigenvalue weighted by Gasteiger charge is 2.09. The number of aromatic nitrogens is 4. The molecule has 0 aliphatic rings. The Hall–Kier alpha value is -2.31. The lowest BCUT2D eigenvalue weighted by atomic mass is 10.0. The molecular weight excluding hydrogens is 311 g/mol. The van der Waals surface area contributed by atoms with Gasteiger partial charge in [-0.25, -0.2) is 0 Å². The van der Waals surface area contributed by atoms with Crippen LogP contribution >= 0.6 is 23.2 Å². The number of halogens is 2. The van der Waals surface area contributed by atoms with E-state index in [0.717, 1.165) is 11.1 Å². The maximum absolute atomic E-state index is 6.13. The standard InChI is InChI=1S/C12H10Cl2N2.CH2N4/c13-11-9(5-6-10(16)12(11)14)7-1-3-8(15)4-2-7;1-2-4-5-3-1/h1-6H,15-16H2;1H,(H,2,3,4,5). The fourth-order valence-corrected chi connectivity index (χ4v) is 2.03. The van der Waals surface area contributed by atoms with Crippen LogP contribution in [0.3, 0.4) is 0 Å². The zero-order valence-corrected chi connectivity index (χ0v) is 12.3. The normalized spacial score (nSPS) is 9.81. The van der Waals surface area contributed by atoms with Gasteiger partial charge in [0.25, 0.3) is 0 Å². The van der Waals surface area contributed by atoms with Crippen LogP contribution in [0.4, 0.5) is 11.4 Å². The monoisotopic (exact) mass is 322 g/mol. The molecule has 0 bridgehead atoms. The minimum Gasteiger partial charge on any atom is -0.399 e. The molecule has 2 aromatic carbocycles. The number of hydrogen-bond donors (Lipinski definition) is 3. The Morgan fingerprint density at radius 2 is 1.62 bits per heavy atom. The smallest absolute Gasteiger partial charge is 0.161 e. The van der Waals surface area contributed by atoms with Crippen molar-refractivity contribution in [2.24, 2.45) is 0 Å². The summed E-state index contributed by atoms with van der Waals surface area (Å²) in [5, 5.41) is 13.0. The highest BCUT2D eigenvalue weighted by molar-refractivity contribution is 6.45. The number of nitrogens with zero attached hydrogens (tertiary/aromatic N) is 3. The van der Waals surface area contributed by atoms with Crippen molar-refractivity contribution in [2.45, 2.75) is 0 Å². The van der Waals surface area contributed by atoms with Crippen LogP contribution in [0.15, 0.2) is 42.7 Å². The first-order valence-corrected chi connectivity index (χ1v) is 6.61. The molecule has 108 valence electrons. The van der Waals surface area contributed by atoms with Gasteiger partial charge in [0.2, 0.25) is 0 Å². The second-order valence-electron chi connectivity index (χ2n) is 4.01. The van der Waals surface area contributed by atoms with Crippen LogP contribution in [-0.4, -0.2) is 20.6 Å². The molecule has 0 amide bonds. The average molecular weight is 323 g/mol. The van der Waals surface area contributed by atoms with Crippen LogP contribution in [0.1, 0.15) is 0 Å². The topological polar surface area (TPSA) is 107 Å². The molecule has 0 aliphatic carbocycles. The lowest BCUT2D eigenvalue weighted by Crippen LogP contribution is -1.89. The number of nitrogen functional groups attached to an aromatic ring is 2. The van der Waals surface area contributed by atoms with E-state index in [1.807, 2.05) is 30.3 Å². The van der Waals surface area contributed by atoms with Crippen LogP contribution in [0.25, 0.3) is 11.1 Å². The molecule has 6 nitrogen and oxygen atoms in total. The second kappa shape index (κ2) is 6.92. The van der Waals surface area contributed by atoms with E-state index >= 15 is 0 Å². The maximum atomic E-state index is 6.13. The molecule has 0 atom stereocenters. The van der Waals surface area contributed by atoms with E-state index in [9.17, 15) is 0 Å². The van der Waals surface area contributed by atoms with E-state index in [-0.39, 0.29) is 0 Å². The van der Waals surface area contributed by atoms with Gasteiger partial charge in [-0.1, -0.05) is 46.6 Å². The minimum atomic E-state index is 0.385. The number of nitrogens with two attached hydrogens (primary N) is 2. The highest BCUT2D eigenvalue weighted by Crippen LogP contribution is 2.37.